The summed E-state index contributed by atoms with van der Waals surface area (Å²) in [7, 11) is 1.82. The number of nitrogens with zero attached hydrogens (tertiary/aromatic N) is 3. The van der Waals surface area contributed by atoms with Crippen LogP contribution in [0.5, 0.6) is 0 Å². The Labute approximate surface area is 160 Å². The number of carbonyl (C=O) groups is 1. The van der Waals surface area contributed by atoms with Crippen LogP contribution in [-0.2, 0) is 13.7 Å². The second-order valence-electron chi connectivity index (χ2n) is 5.98. The van der Waals surface area contributed by atoms with E-state index < -0.39 is 12.6 Å². The molecule has 0 spiro atoms. The van der Waals surface area contributed by atoms with Gasteiger partial charge < -0.3 is 16.4 Å². The zero-order valence-electron chi connectivity index (χ0n) is 14.8. The van der Waals surface area contributed by atoms with Gasteiger partial charge >= 0.3 is 0 Å². The Morgan fingerprint density at radius 1 is 1.26 bits per heavy atom. The molecule has 9 heteroatoms. The van der Waals surface area contributed by atoms with Gasteiger partial charge in [-0.3, -0.25) is 9.48 Å². The molecule has 1 amide bonds. The molecule has 0 fully saturated rings. The van der Waals surface area contributed by atoms with Gasteiger partial charge in [-0.1, -0.05) is 17.7 Å². The number of alkyl halides is 1. The molecule has 0 aliphatic carbocycles. The molecule has 0 unspecified atom stereocenters. The van der Waals surface area contributed by atoms with Gasteiger partial charge in [0, 0.05) is 19.3 Å². The molecule has 1 aromatic carbocycles. The number of aryl methyl sites for hydroxylation is 2. The van der Waals surface area contributed by atoms with Gasteiger partial charge in [0.05, 0.1) is 39.5 Å². The van der Waals surface area contributed by atoms with E-state index >= 15 is 0 Å². The Morgan fingerprint density at radius 3 is 2.67 bits per heavy atom. The molecule has 140 valence electrons. The Morgan fingerprint density at radius 2 is 2.04 bits per heavy atom. The number of amides is 1. The molecule has 0 saturated carbocycles. The maximum absolute atomic E-state index is 13.0. The van der Waals surface area contributed by atoms with Crippen LogP contribution in [0.2, 0.25) is 5.02 Å². The predicted molar refractivity (Wildman–Crippen MR) is 104 cm³/mol. The molecule has 27 heavy (non-hydrogen) atoms. The molecule has 0 aliphatic rings. The number of nitrogens with two attached hydrogens (primary N) is 1. The summed E-state index contributed by atoms with van der Waals surface area (Å²) < 4.78 is 14.7. The van der Waals surface area contributed by atoms with E-state index in [0.29, 0.717) is 27.8 Å². The summed E-state index contributed by atoms with van der Waals surface area (Å²) in [6, 6.07) is 6.20. The van der Waals surface area contributed by atoms with E-state index in [9.17, 15) is 9.18 Å². The number of hydrogen-bond donors (Lipinski definition) is 3. The standard InChI is InChI=1S/C18H18ClFN6O/c1-10-16(9-26(2)25-10)24-17-6-15(13(19)8-22-17)23-14-5-11(7-20)3-4-12(14)18(21)27/h3-6,8-9H,7H2,1-2H3,(H2,21,27)(H2,22,23,24). The largest absolute Gasteiger partial charge is 0.366 e. The lowest BCUT2D eigenvalue weighted by atomic mass is 10.1. The van der Waals surface area contributed by atoms with E-state index in [1.54, 1.807) is 10.7 Å². The van der Waals surface area contributed by atoms with Gasteiger partial charge in [0.1, 0.15) is 12.5 Å². The van der Waals surface area contributed by atoms with E-state index in [1.165, 1.54) is 24.4 Å². The molecule has 4 N–H and O–H groups in total. The van der Waals surface area contributed by atoms with Gasteiger partial charge in [0.15, 0.2) is 0 Å². The van der Waals surface area contributed by atoms with Crippen molar-refractivity contribution < 1.29 is 9.18 Å². The van der Waals surface area contributed by atoms with Crippen LogP contribution in [-0.4, -0.2) is 20.7 Å². The first-order chi connectivity index (χ1) is 12.9. The van der Waals surface area contributed by atoms with E-state index in [-0.39, 0.29) is 5.56 Å². The summed E-state index contributed by atoms with van der Waals surface area (Å²) in [6.07, 6.45) is 3.30. The van der Waals surface area contributed by atoms with E-state index in [4.69, 9.17) is 17.3 Å². The van der Waals surface area contributed by atoms with Crippen molar-refractivity contribution in [3.8, 4) is 0 Å². The highest BCUT2D eigenvalue weighted by molar-refractivity contribution is 6.33. The Bertz CT molecular complexity index is 1000. The fourth-order valence-electron chi connectivity index (χ4n) is 2.60. The quantitative estimate of drug-likeness (QED) is 0.596. The molecule has 0 atom stereocenters. The molecule has 0 aliphatic heterocycles. The minimum absolute atomic E-state index is 0.234. The van der Waals surface area contributed by atoms with Crippen LogP contribution in [0.3, 0.4) is 0 Å². The number of halogens is 2. The third kappa shape index (κ3) is 4.17. The molecule has 7 nitrogen and oxygen atoms in total. The van der Waals surface area contributed by atoms with E-state index in [1.807, 2.05) is 20.2 Å². The summed E-state index contributed by atoms with van der Waals surface area (Å²) in [5.41, 5.74) is 8.54. The first-order valence-electron chi connectivity index (χ1n) is 8.06. The molecule has 3 aromatic rings. The van der Waals surface area contributed by atoms with Crippen molar-refractivity contribution in [3.63, 3.8) is 0 Å². The van der Waals surface area contributed by atoms with Crippen LogP contribution in [0.1, 0.15) is 21.6 Å². The Kier molecular flexibility index (Phi) is 5.27. The zero-order valence-corrected chi connectivity index (χ0v) is 15.5. The second kappa shape index (κ2) is 7.63. The highest BCUT2D eigenvalue weighted by Gasteiger charge is 2.13. The summed E-state index contributed by atoms with van der Waals surface area (Å²) in [5.74, 6) is -0.0994. The summed E-state index contributed by atoms with van der Waals surface area (Å²) in [6.45, 7) is 1.21. The van der Waals surface area contributed by atoms with Crippen molar-refractivity contribution in [1.82, 2.24) is 14.8 Å². The zero-order chi connectivity index (χ0) is 19.6. The molecular weight excluding hydrogens is 371 g/mol. The number of carbonyl (C=O) groups excluding carboxylic acids is 1. The monoisotopic (exact) mass is 388 g/mol. The molecule has 0 radical (unpaired) electrons. The van der Waals surface area contributed by atoms with Crippen molar-refractivity contribution in [2.45, 2.75) is 13.6 Å². The summed E-state index contributed by atoms with van der Waals surface area (Å²) in [4.78, 5) is 15.9. The SMILES string of the molecule is Cc1nn(C)cc1Nc1cc(Nc2cc(CF)ccc2C(N)=O)c(Cl)cn1. The Balaban J connectivity index is 1.93. The summed E-state index contributed by atoms with van der Waals surface area (Å²) >= 11 is 6.23. The number of rotatable bonds is 6. The molecular formula is C18H18ClFN6O. The minimum Gasteiger partial charge on any atom is -0.366 e. The van der Waals surface area contributed by atoms with Gasteiger partial charge in [-0.15, -0.1) is 0 Å². The minimum atomic E-state index is -0.662. The van der Waals surface area contributed by atoms with Crippen LogP contribution < -0.4 is 16.4 Å². The average molecular weight is 389 g/mol. The predicted octanol–water partition coefficient (Wildman–Crippen LogP) is 3.83. The normalized spacial score (nSPS) is 10.7. The Hall–Kier alpha value is -3.13. The van der Waals surface area contributed by atoms with Crippen LogP contribution in [0.15, 0.2) is 36.7 Å². The van der Waals surface area contributed by atoms with Crippen molar-refractivity contribution in [2.24, 2.45) is 12.8 Å². The molecule has 2 aromatic heterocycles. The van der Waals surface area contributed by atoms with Gasteiger partial charge in [-0.05, 0) is 24.6 Å². The highest BCUT2D eigenvalue weighted by atomic mass is 35.5. The first-order valence-corrected chi connectivity index (χ1v) is 8.43. The number of anilines is 4. The topological polar surface area (TPSA) is 97.9 Å². The van der Waals surface area contributed by atoms with E-state index in [0.717, 1.165) is 11.4 Å². The second-order valence-corrected chi connectivity index (χ2v) is 6.39. The van der Waals surface area contributed by atoms with Gasteiger partial charge in [-0.25, -0.2) is 9.37 Å². The number of aromatic nitrogens is 3. The number of benzene rings is 1. The number of nitrogens with one attached hydrogen (secondary N) is 2. The lowest BCUT2D eigenvalue weighted by molar-refractivity contribution is 0.100. The van der Waals surface area contributed by atoms with Gasteiger partial charge in [-0.2, -0.15) is 5.10 Å². The fraction of sp³-hybridized carbons (Fsp3) is 0.167. The van der Waals surface area contributed by atoms with Crippen molar-refractivity contribution in [2.75, 3.05) is 10.6 Å². The number of primary amides is 1. The van der Waals surface area contributed by atoms with E-state index in [2.05, 4.69) is 20.7 Å². The molecule has 0 saturated heterocycles. The lowest BCUT2D eigenvalue weighted by Gasteiger charge is -2.14. The van der Waals surface area contributed by atoms with Crippen LogP contribution in [0.25, 0.3) is 0 Å². The maximum atomic E-state index is 13.0. The smallest absolute Gasteiger partial charge is 0.250 e. The molecule has 0 bridgehead atoms. The molecule has 3 rings (SSSR count). The van der Waals surface area contributed by atoms with Gasteiger partial charge in [0.25, 0.3) is 5.91 Å². The summed E-state index contributed by atoms with van der Waals surface area (Å²) in [5, 5.41) is 10.8. The maximum Gasteiger partial charge on any atom is 0.250 e. The third-order valence-electron chi connectivity index (χ3n) is 3.90. The molecule has 2 heterocycles. The first kappa shape index (κ1) is 18.7. The highest BCUT2D eigenvalue weighted by Crippen LogP contribution is 2.30. The average Bonchev–Trinajstić information content (AvgIpc) is 2.94. The lowest BCUT2D eigenvalue weighted by Crippen LogP contribution is -2.13. The van der Waals surface area contributed by atoms with Gasteiger partial charge in [0.2, 0.25) is 0 Å². The number of hydrogen-bond acceptors (Lipinski definition) is 5. The van der Waals surface area contributed by atoms with Crippen molar-refractivity contribution in [3.05, 3.63) is 58.5 Å². The van der Waals surface area contributed by atoms with Crippen LogP contribution >= 0.6 is 11.6 Å². The van der Waals surface area contributed by atoms with Crippen molar-refractivity contribution in [1.29, 1.82) is 0 Å². The fourth-order valence-corrected chi connectivity index (χ4v) is 2.75. The van der Waals surface area contributed by atoms with Crippen molar-refractivity contribution >= 4 is 40.4 Å². The third-order valence-corrected chi connectivity index (χ3v) is 4.21. The van der Waals surface area contributed by atoms with Crippen LogP contribution in [0.4, 0.5) is 27.3 Å². The number of pyridine rings is 1. The van der Waals surface area contributed by atoms with Crippen LogP contribution in [0, 0.1) is 6.92 Å².